The highest BCUT2D eigenvalue weighted by molar-refractivity contribution is 5.93. The number of anilines is 1. The standard InChI is InChI=1S/C13H17N3O6/c1-5-22-12(17)8-6-9(15(18)19)11(14-13(2,3)4)10(7-8)16(20)21/h6-7,14H,5H2,1-4H3. The molecule has 9 heteroatoms. The first-order valence-electron chi connectivity index (χ1n) is 6.49. The molecular weight excluding hydrogens is 294 g/mol. The maximum atomic E-state index is 11.7. The van der Waals surface area contributed by atoms with Crippen LogP contribution in [0, 0.1) is 20.2 Å². The Morgan fingerprint density at radius 1 is 1.18 bits per heavy atom. The highest BCUT2D eigenvalue weighted by atomic mass is 16.6. The van der Waals surface area contributed by atoms with Gasteiger partial charge < -0.3 is 10.1 Å². The second-order valence-corrected chi connectivity index (χ2v) is 5.50. The van der Waals surface area contributed by atoms with Crippen LogP contribution in [0.2, 0.25) is 0 Å². The number of esters is 1. The molecule has 1 N–H and O–H groups in total. The maximum absolute atomic E-state index is 11.7. The molecular formula is C13H17N3O6. The molecule has 0 unspecified atom stereocenters. The molecule has 0 bridgehead atoms. The van der Waals surface area contributed by atoms with E-state index in [9.17, 15) is 25.0 Å². The molecule has 9 nitrogen and oxygen atoms in total. The minimum Gasteiger partial charge on any atom is -0.462 e. The van der Waals surface area contributed by atoms with Crippen molar-refractivity contribution in [2.75, 3.05) is 11.9 Å². The van der Waals surface area contributed by atoms with E-state index in [2.05, 4.69) is 5.32 Å². The summed E-state index contributed by atoms with van der Waals surface area (Å²) >= 11 is 0. The Hall–Kier alpha value is -2.71. The zero-order valence-electron chi connectivity index (χ0n) is 12.7. The topological polar surface area (TPSA) is 125 Å². The summed E-state index contributed by atoms with van der Waals surface area (Å²) in [5.74, 6) is -0.851. The fourth-order valence-electron chi connectivity index (χ4n) is 1.74. The van der Waals surface area contributed by atoms with Gasteiger partial charge in [0.25, 0.3) is 11.4 Å². The van der Waals surface area contributed by atoms with E-state index in [4.69, 9.17) is 4.74 Å². The van der Waals surface area contributed by atoms with E-state index in [1.54, 1.807) is 27.7 Å². The number of hydrogen-bond acceptors (Lipinski definition) is 7. The highest BCUT2D eigenvalue weighted by Gasteiger charge is 2.31. The molecule has 0 amide bonds. The van der Waals surface area contributed by atoms with Gasteiger partial charge in [-0.2, -0.15) is 0 Å². The van der Waals surface area contributed by atoms with E-state index in [-0.39, 0.29) is 17.9 Å². The average Bonchev–Trinajstić information content (AvgIpc) is 2.36. The monoisotopic (exact) mass is 311 g/mol. The van der Waals surface area contributed by atoms with Crippen molar-refractivity contribution in [1.82, 2.24) is 0 Å². The second-order valence-electron chi connectivity index (χ2n) is 5.50. The van der Waals surface area contributed by atoms with Crippen molar-refractivity contribution < 1.29 is 19.4 Å². The van der Waals surface area contributed by atoms with Crippen molar-refractivity contribution in [1.29, 1.82) is 0 Å². The second kappa shape index (κ2) is 6.37. The number of nitro benzene ring substituents is 2. The van der Waals surface area contributed by atoms with Crippen LogP contribution in [0.4, 0.5) is 17.1 Å². The van der Waals surface area contributed by atoms with Gasteiger partial charge in [-0.15, -0.1) is 0 Å². The van der Waals surface area contributed by atoms with E-state index >= 15 is 0 Å². The molecule has 0 aliphatic rings. The van der Waals surface area contributed by atoms with E-state index in [1.807, 2.05) is 0 Å². The number of nitrogens with one attached hydrogen (secondary N) is 1. The Kier molecular flexibility index (Phi) is 5.02. The van der Waals surface area contributed by atoms with Gasteiger partial charge in [0.1, 0.15) is 0 Å². The number of benzene rings is 1. The molecule has 1 rings (SSSR count). The Balaban J connectivity index is 3.57. The van der Waals surface area contributed by atoms with E-state index < -0.39 is 32.7 Å². The molecule has 0 fully saturated rings. The fourth-order valence-corrected chi connectivity index (χ4v) is 1.74. The maximum Gasteiger partial charge on any atom is 0.338 e. The van der Waals surface area contributed by atoms with Crippen LogP contribution >= 0.6 is 0 Å². The quantitative estimate of drug-likeness (QED) is 0.503. The first kappa shape index (κ1) is 17.3. The summed E-state index contributed by atoms with van der Waals surface area (Å²) in [5, 5.41) is 25.2. The van der Waals surface area contributed by atoms with Gasteiger partial charge in [0.15, 0.2) is 5.69 Å². The van der Waals surface area contributed by atoms with Gasteiger partial charge in [0, 0.05) is 17.7 Å². The zero-order valence-corrected chi connectivity index (χ0v) is 12.7. The Morgan fingerprint density at radius 2 is 1.64 bits per heavy atom. The summed E-state index contributed by atoms with van der Waals surface area (Å²) in [6, 6.07) is 1.94. The zero-order chi connectivity index (χ0) is 17.1. The van der Waals surface area contributed by atoms with Crippen LogP contribution in [-0.2, 0) is 4.74 Å². The van der Waals surface area contributed by atoms with Gasteiger partial charge in [-0.3, -0.25) is 20.2 Å². The van der Waals surface area contributed by atoms with Crippen LogP contribution < -0.4 is 5.32 Å². The third-order valence-corrected chi connectivity index (χ3v) is 2.50. The Morgan fingerprint density at radius 3 is 1.95 bits per heavy atom. The minimum absolute atomic E-state index is 0.0580. The van der Waals surface area contributed by atoms with Crippen LogP contribution in [0.3, 0.4) is 0 Å². The van der Waals surface area contributed by atoms with Crippen LogP contribution in [0.5, 0.6) is 0 Å². The van der Waals surface area contributed by atoms with Crippen LogP contribution in [0.25, 0.3) is 0 Å². The largest absolute Gasteiger partial charge is 0.462 e. The lowest BCUT2D eigenvalue weighted by molar-refractivity contribution is -0.392. The number of ether oxygens (including phenoxy) is 1. The lowest BCUT2D eigenvalue weighted by Crippen LogP contribution is -2.27. The van der Waals surface area contributed by atoms with Gasteiger partial charge in [-0.05, 0) is 27.7 Å². The number of rotatable bonds is 5. The predicted molar refractivity (Wildman–Crippen MR) is 79.1 cm³/mol. The summed E-state index contributed by atoms with van der Waals surface area (Å²) in [6.07, 6.45) is 0. The van der Waals surface area contributed by atoms with E-state index in [1.165, 1.54) is 0 Å². The summed E-state index contributed by atoms with van der Waals surface area (Å²) < 4.78 is 4.73. The van der Waals surface area contributed by atoms with Crippen LogP contribution in [0.1, 0.15) is 38.1 Å². The third-order valence-electron chi connectivity index (χ3n) is 2.50. The molecule has 0 aliphatic heterocycles. The predicted octanol–water partition coefficient (Wildman–Crippen LogP) is 2.89. The van der Waals surface area contributed by atoms with Crippen molar-refractivity contribution >= 4 is 23.0 Å². The number of nitro groups is 2. The Labute approximate surface area is 126 Å². The lowest BCUT2D eigenvalue weighted by Gasteiger charge is -2.21. The number of carbonyl (C=O) groups is 1. The number of carbonyl (C=O) groups excluding carboxylic acids is 1. The van der Waals surface area contributed by atoms with Crippen molar-refractivity contribution in [3.63, 3.8) is 0 Å². The summed E-state index contributed by atoms with van der Waals surface area (Å²) in [4.78, 5) is 32.6. The third kappa shape index (κ3) is 4.14. The first-order chi connectivity index (χ1) is 10.1. The van der Waals surface area contributed by atoms with Crippen LogP contribution in [0.15, 0.2) is 12.1 Å². The summed E-state index contributed by atoms with van der Waals surface area (Å²) in [7, 11) is 0. The summed E-state index contributed by atoms with van der Waals surface area (Å²) in [5.41, 5.74) is -2.21. The average molecular weight is 311 g/mol. The molecule has 0 heterocycles. The molecule has 1 aromatic carbocycles. The Bertz CT molecular complexity index is 586. The first-order valence-corrected chi connectivity index (χ1v) is 6.49. The molecule has 1 aromatic rings. The van der Waals surface area contributed by atoms with Crippen molar-refractivity contribution in [2.24, 2.45) is 0 Å². The molecule has 22 heavy (non-hydrogen) atoms. The van der Waals surface area contributed by atoms with Gasteiger partial charge in [0.2, 0.25) is 0 Å². The minimum atomic E-state index is -0.851. The van der Waals surface area contributed by atoms with E-state index in [0.717, 1.165) is 12.1 Å². The molecule has 0 saturated heterocycles. The molecule has 0 aliphatic carbocycles. The van der Waals surface area contributed by atoms with Gasteiger partial charge in [-0.1, -0.05) is 0 Å². The van der Waals surface area contributed by atoms with Crippen LogP contribution in [-0.4, -0.2) is 28.0 Å². The van der Waals surface area contributed by atoms with Crippen molar-refractivity contribution in [2.45, 2.75) is 33.2 Å². The SMILES string of the molecule is CCOC(=O)c1cc([N+](=O)[O-])c(NC(C)(C)C)c([N+](=O)[O-])c1. The molecule has 0 radical (unpaired) electrons. The molecule has 0 aromatic heterocycles. The molecule has 0 atom stereocenters. The summed E-state index contributed by atoms with van der Waals surface area (Å²) in [6.45, 7) is 6.75. The number of hydrogen-bond donors (Lipinski definition) is 1. The highest BCUT2D eigenvalue weighted by Crippen LogP contribution is 2.37. The fraction of sp³-hybridized carbons (Fsp3) is 0.462. The lowest BCUT2D eigenvalue weighted by atomic mass is 10.1. The molecule has 0 saturated carbocycles. The van der Waals surface area contributed by atoms with E-state index in [0.29, 0.717) is 0 Å². The normalized spacial score (nSPS) is 10.9. The van der Waals surface area contributed by atoms with Gasteiger partial charge in [0.05, 0.1) is 22.0 Å². The van der Waals surface area contributed by atoms with Crippen molar-refractivity contribution in [3.05, 3.63) is 37.9 Å². The number of nitrogens with zero attached hydrogens (tertiary/aromatic N) is 2. The molecule has 120 valence electrons. The smallest absolute Gasteiger partial charge is 0.338 e. The van der Waals surface area contributed by atoms with Gasteiger partial charge >= 0.3 is 5.97 Å². The molecule has 0 spiro atoms. The van der Waals surface area contributed by atoms with Crippen molar-refractivity contribution in [3.8, 4) is 0 Å². The van der Waals surface area contributed by atoms with Gasteiger partial charge in [-0.25, -0.2) is 4.79 Å².